The van der Waals surface area contributed by atoms with Gasteiger partial charge in [0.05, 0.1) is 4.90 Å². The van der Waals surface area contributed by atoms with Crippen LogP contribution in [0.1, 0.15) is 22.3 Å². The molecule has 0 unspecified atom stereocenters. The average Bonchev–Trinajstić information content (AvgIpc) is 3.19. The Labute approximate surface area is 182 Å². The van der Waals surface area contributed by atoms with E-state index >= 15 is 0 Å². The van der Waals surface area contributed by atoms with Crippen LogP contribution in [0.15, 0.2) is 87.1 Å². The molecular formula is C25H24N2O3S. The summed E-state index contributed by atoms with van der Waals surface area (Å²) in [4.78, 5) is 4.58. The summed E-state index contributed by atoms with van der Waals surface area (Å²) in [5.74, 6) is 0.401. The highest BCUT2D eigenvalue weighted by atomic mass is 32.2. The minimum absolute atomic E-state index is 0.111. The Bertz CT molecular complexity index is 1310. The Morgan fingerprint density at radius 3 is 2.13 bits per heavy atom. The van der Waals surface area contributed by atoms with Crippen LogP contribution in [0.4, 0.5) is 5.88 Å². The van der Waals surface area contributed by atoms with E-state index in [9.17, 15) is 8.42 Å². The van der Waals surface area contributed by atoms with Crippen LogP contribution in [0.2, 0.25) is 0 Å². The minimum Gasteiger partial charge on any atom is -0.419 e. The third kappa shape index (κ3) is 4.54. The first-order valence-corrected chi connectivity index (χ1v) is 11.5. The summed E-state index contributed by atoms with van der Waals surface area (Å²) < 4.78 is 32.7. The monoisotopic (exact) mass is 432 g/mol. The summed E-state index contributed by atoms with van der Waals surface area (Å²) in [6, 6.07) is 22.4. The van der Waals surface area contributed by atoms with E-state index in [1.807, 2.05) is 69.3 Å². The van der Waals surface area contributed by atoms with Crippen LogP contribution >= 0.6 is 0 Å². The molecule has 4 rings (SSSR count). The summed E-state index contributed by atoms with van der Waals surface area (Å²) in [6.07, 6.45) is 0. The highest BCUT2D eigenvalue weighted by Gasteiger charge is 2.28. The fourth-order valence-corrected chi connectivity index (χ4v) is 4.50. The van der Waals surface area contributed by atoms with Gasteiger partial charge in [-0.05, 0) is 50.6 Å². The number of nitrogens with zero attached hydrogens (tertiary/aromatic N) is 1. The van der Waals surface area contributed by atoms with E-state index in [1.165, 1.54) is 0 Å². The first-order chi connectivity index (χ1) is 14.8. The first kappa shape index (κ1) is 20.9. The quantitative estimate of drug-likeness (QED) is 0.422. The molecule has 0 aliphatic heterocycles. The molecule has 0 spiro atoms. The van der Waals surface area contributed by atoms with Gasteiger partial charge in [0.1, 0.15) is 0 Å². The van der Waals surface area contributed by atoms with Crippen molar-refractivity contribution in [1.29, 1.82) is 0 Å². The number of hydrogen-bond acceptors (Lipinski definition) is 5. The molecule has 31 heavy (non-hydrogen) atoms. The van der Waals surface area contributed by atoms with E-state index in [0.717, 1.165) is 27.8 Å². The summed E-state index contributed by atoms with van der Waals surface area (Å²) >= 11 is 0. The van der Waals surface area contributed by atoms with Crippen molar-refractivity contribution < 1.29 is 12.8 Å². The summed E-state index contributed by atoms with van der Waals surface area (Å²) in [7, 11) is -3.86. The van der Waals surface area contributed by atoms with E-state index in [0.29, 0.717) is 6.54 Å². The number of sulfone groups is 1. The van der Waals surface area contributed by atoms with Gasteiger partial charge in [-0.25, -0.2) is 8.42 Å². The number of hydrogen-bond donors (Lipinski definition) is 1. The van der Waals surface area contributed by atoms with Crippen LogP contribution in [-0.4, -0.2) is 13.4 Å². The second kappa shape index (κ2) is 8.40. The molecule has 1 aromatic heterocycles. The topological polar surface area (TPSA) is 72.2 Å². The normalized spacial score (nSPS) is 11.5. The lowest BCUT2D eigenvalue weighted by molar-refractivity contribution is 0.576. The van der Waals surface area contributed by atoms with Gasteiger partial charge in [0, 0.05) is 12.1 Å². The Morgan fingerprint density at radius 2 is 1.48 bits per heavy atom. The standard InChI is InChI=1S/C25H24N2O3S/c1-17-7-11-20(12-8-17)16-26-24-25(31(28,29)22-13-9-18(2)10-14-22)27-23(30-24)21-6-4-5-19(3)15-21/h4-15,26H,16H2,1-3H3. The fourth-order valence-electron chi connectivity index (χ4n) is 3.22. The SMILES string of the molecule is Cc1ccc(CNc2oc(-c3cccc(C)c3)nc2S(=O)(=O)c2ccc(C)cc2)cc1. The van der Waals surface area contributed by atoms with Gasteiger partial charge in [-0.3, -0.25) is 0 Å². The lowest BCUT2D eigenvalue weighted by Gasteiger charge is -2.07. The number of benzene rings is 3. The second-order valence-corrected chi connectivity index (χ2v) is 9.54. The van der Waals surface area contributed by atoms with Gasteiger partial charge in [-0.2, -0.15) is 4.98 Å². The van der Waals surface area contributed by atoms with Crippen molar-refractivity contribution >= 4 is 15.7 Å². The van der Waals surface area contributed by atoms with Crippen molar-refractivity contribution in [1.82, 2.24) is 4.98 Å². The Balaban J connectivity index is 1.76. The molecule has 0 aliphatic carbocycles. The molecule has 0 radical (unpaired) electrons. The van der Waals surface area contributed by atoms with E-state index in [4.69, 9.17) is 4.42 Å². The third-order valence-corrected chi connectivity index (χ3v) is 6.70. The molecule has 6 heteroatoms. The van der Waals surface area contributed by atoms with Gasteiger partial charge in [0.2, 0.25) is 26.6 Å². The third-order valence-electron chi connectivity index (χ3n) is 5.02. The fraction of sp³-hybridized carbons (Fsp3) is 0.160. The molecule has 0 fully saturated rings. The van der Waals surface area contributed by atoms with Crippen LogP contribution < -0.4 is 5.32 Å². The number of rotatable bonds is 6. The Hall–Kier alpha value is -3.38. The summed E-state index contributed by atoms with van der Waals surface area (Å²) in [6.45, 7) is 6.32. The Morgan fingerprint density at radius 1 is 0.839 bits per heavy atom. The van der Waals surface area contributed by atoms with E-state index in [1.54, 1.807) is 24.3 Å². The molecule has 1 heterocycles. The minimum atomic E-state index is -3.86. The molecule has 1 N–H and O–H groups in total. The molecule has 0 saturated carbocycles. The van der Waals surface area contributed by atoms with E-state index in [-0.39, 0.29) is 21.7 Å². The van der Waals surface area contributed by atoms with Crippen LogP contribution in [0.5, 0.6) is 0 Å². The predicted molar refractivity (Wildman–Crippen MR) is 122 cm³/mol. The molecular weight excluding hydrogens is 408 g/mol. The van der Waals surface area contributed by atoms with Gasteiger partial charge < -0.3 is 9.73 Å². The highest BCUT2D eigenvalue weighted by Crippen LogP contribution is 2.33. The largest absolute Gasteiger partial charge is 0.419 e. The van der Waals surface area contributed by atoms with Crippen molar-refractivity contribution in [3.05, 3.63) is 95.1 Å². The maximum Gasteiger partial charge on any atom is 0.234 e. The summed E-state index contributed by atoms with van der Waals surface area (Å²) in [5.41, 5.74) is 4.92. The molecule has 0 saturated heterocycles. The zero-order valence-corrected chi connectivity index (χ0v) is 18.5. The van der Waals surface area contributed by atoms with Crippen LogP contribution in [0.25, 0.3) is 11.5 Å². The van der Waals surface area contributed by atoms with Crippen LogP contribution in [0, 0.1) is 20.8 Å². The molecule has 0 aliphatic rings. The number of nitrogens with one attached hydrogen (secondary N) is 1. The predicted octanol–water partition coefficient (Wildman–Crippen LogP) is 5.71. The zero-order valence-electron chi connectivity index (χ0n) is 17.7. The second-order valence-electron chi connectivity index (χ2n) is 7.68. The van der Waals surface area contributed by atoms with Crippen molar-refractivity contribution in [3.8, 4) is 11.5 Å². The number of aryl methyl sites for hydroxylation is 3. The van der Waals surface area contributed by atoms with Gasteiger partial charge in [-0.15, -0.1) is 0 Å². The first-order valence-electron chi connectivity index (χ1n) is 10.0. The van der Waals surface area contributed by atoms with Crippen LogP contribution in [0.3, 0.4) is 0 Å². The number of anilines is 1. The molecule has 3 aromatic carbocycles. The molecule has 0 bridgehead atoms. The molecule has 158 valence electrons. The molecule has 0 amide bonds. The van der Waals surface area contributed by atoms with Gasteiger partial charge in [-0.1, -0.05) is 65.2 Å². The van der Waals surface area contributed by atoms with Gasteiger partial charge >= 0.3 is 0 Å². The number of oxazole rings is 1. The molecule has 4 aromatic rings. The van der Waals surface area contributed by atoms with Gasteiger partial charge in [0.15, 0.2) is 0 Å². The van der Waals surface area contributed by atoms with Gasteiger partial charge in [0.25, 0.3) is 0 Å². The molecule has 5 nitrogen and oxygen atoms in total. The average molecular weight is 433 g/mol. The maximum atomic E-state index is 13.4. The summed E-state index contributed by atoms with van der Waals surface area (Å²) in [5, 5.41) is 3.02. The van der Waals surface area contributed by atoms with Crippen molar-refractivity contribution in [2.75, 3.05) is 5.32 Å². The lowest BCUT2D eigenvalue weighted by atomic mass is 10.1. The van der Waals surface area contributed by atoms with E-state index in [2.05, 4.69) is 10.3 Å². The smallest absolute Gasteiger partial charge is 0.234 e. The molecule has 0 atom stereocenters. The Kier molecular flexibility index (Phi) is 5.65. The highest BCUT2D eigenvalue weighted by molar-refractivity contribution is 7.91. The lowest BCUT2D eigenvalue weighted by Crippen LogP contribution is -2.07. The van der Waals surface area contributed by atoms with Crippen molar-refractivity contribution in [2.45, 2.75) is 37.2 Å². The maximum absolute atomic E-state index is 13.4. The van der Waals surface area contributed by atoms with Crippen molar-refractivity contribution in [2.24, 2.45) is 0 Å². The number of aromatic nitrogens is 1. The van der Waals surface area contributed by atoms with E-state index < -0.39 is 9.84 Å². The zero-order chi connectivity index (χ0) is 22.0. The van der Waals surface area contributed by atoms with Crippen LogP contribution in [-0.2, 0) is 16.4 Å². The van der Waals surface area contributed by atoms with Crippen molar-refractivity contribution in [3.63, 3.8) is 0 Å².